The Hall–Kier alpha value is -4.72. The molecule has 3 aromatic carbocycles. The van der Waals surface area contributed by atoms with Crippen molar-refractivity contribution in [1.82, 2.24) is 14.4 Å². The van der Waals surface area contributed by atoms with Crippen LogP contribution >= 0.6 is 0 Å². The predicted octanol–water partition coefficient (Wildman–Crippen LogP) is 4.97. The number of nitrogens with two attached hydrogens (primary N) is 1. The van der Waals surface area contributed by atoms with Crippen LogP contribution in [-0.4, -0.2) is 32.7 Å². The van der Waals surface area contributed by atoms with E-state index >= 15 is 0 Å². The Morgan fingerprint density at radius 2 is 1.69 bits per heavy atom. The van der Waals surface area contributed by atoms with Gasteiger partial charge in [0, 0.05) is 17.7 Å². The van der Waals surface area contributed by atoms with Crippen molar-refractivity contribution in [2.75, 3.05) is 17.2 Å². The second-order valence-corrected chi connectivity index (χ2v) is 8.97. The lowest BCUT2D eigenvalue weighted by Gasteiger charge is -2.13. The van der Waals surface area contributed by atoms with E-state index in [1.165, 1.54) is 0 Å². The van der Waals surface area contributed by atoms with Gasteiger partial charge >= 0.3 is 0 Å². The van der Waals surface area contributed by atoms with Gasteiger partial charge in [-0.15, -0.1) is 0 Å². The summed E-state index contributed by atoms with van der Waals surface area (Å²) < 4.78 is 2.09. The van der Waals surface area contributed by atoms with Gasteiger partial charge < -0.3 is 16.4 Å². The number of fused-ring (bicyclic) bond motifs is 3. The van der Waals surface area contributed by atoms with E-state index in [0.29, 0.717) is 17.2 Å². The van der Waals surface area contributed by atoms with E-state index in [2.05, 4.69) is 33.9 Å². The molecule has 8 nitrogen and oxygen atoms in total. The van der Waals surface area contributed by atoms with Crippen LogP contribution in [0.15, 0.2) is 79.0 Å². The Bertz CT molecular complexity index is 1590. The topological polar surface area (TPSA) is 114 Å². The van der Waals surface area contributed by atoms with Gasteiger partial charge in [-0.25, -0.2) is 9.97 Å². The van der Waals surface area contributed by atoms with Gasteiger partial charge in [0.1, 0.15) is 0 Å². The Balaban J connectivity index is 1.50. The highest BCUT2D eigenvalue weighted by Crippen LogP contribution is 2.29. The van der Waals surface area contributed by atoms with Crippen LogP contribution in [0.2, 0.25) is 0 Å². The first-order valence-electron chi connectivity index (χ1n) is 11.7. The number of carbonyl (C=O) groups is 2. The third-order valence-corrected chi connectivity index (χ3v) is 5.89. The lowest BCUT2D eigenvalue weighted by atomic mass is 10.1. The highest BCUT2D eigenvalue weighted by molar-refractivity contribution is 6.08. The molecule has 0 fully saturated rings. The minimum Gasteiger partial charge on any atom is -0.367 e. The third kappa shape index (κ3) is 4.36. The van der Waals surface area contributed by atoms with E-state index in [9.17, 15) is 9.59 Å². The fraction of sp³-hybridized carbons (Fsp3) is 0.143. The molecule has 2 heterocycles. The Labute approximate surface area is 208 Å². The summed E-state index contributed by atoms with van der Waals surface area (Å²) in [6, 6.07) is 21.9. The van der Waals surface area contributed by atoms with Crippen molar-refractivity contribution in [3.05, 3.63) is 90.1 Å². The van der Waals surface area contributed by atoms with Crippen LogP contribution in [0.1, 0.15) is 34.6 Å². The molecule has 2 aromatic heterocycles. The number of primary amides is 1. The van der Waals surface area contributed by atoms with Gasteiger partial charge in [-0.05, 0) is 42.3 Å². The summed E-state index contributed by atoms with van der Waals surface area (Å²) >= 11 is 0. The highest BCUT2D eigenvalue weighted by atomic mass is 16.2. The monoisotopic (exact) mass is 478 g/mol. The van der Waals surface area contributed by atoms with Crippen molar-refractivity contribution in [2.45, 2.75) is 13.8 Å². The van der Waals surface area contributed by atoms with Gasteiger partial charge in [0.2, 0.25) is 0 Å². The first kappa shape index (κ1) is 23.0. The van der Waals surface area contributed by atoms with Crippen LogP contribution in [0.3, 0.4) is 0 Å². The average molecular weight is 479 g/mol. The summed E-state index contributed by atoms with van der Waals surface area (Å²) in [5.74, 6) is 0.264. The minimum atomic E-state index is -0.599. The maximum absolute atomic E-state index is 12.8. The molecule has 8 heteroatoms. The molecule has 0 aliphatic heterocycles. The number of aromatic nitrogens is 3. The number of carbonyl (C=O) groups excluding carboxylic acids is 2. The smallest absolute Gasteiger partial charge is 0.255 e. The molecule has 0 aliphatic rings. The van der Waals surface area contributed by atoms with Crippen molar-refractivity contribution >= 4 is 40.0 Å². The van der Waals surface area contributed by atoms with Crippen LogP contribution in [0.5, 0.6) is 0 Å². The lowest BCUT2D eigenvalue weighted by Crippen LogP contribution is -2.18. The molecule has 0 atom stereocenters. The molecule has 36 heavy (non-hydrogen) atoms. The number of anilines is 2. The molecule has 0 aliphatic carbocycles. The third-order valence-electron chi connectivity index (χ3n) is 5.89. The molecule has 0 spiro atoms. The van der Waals surface area contributed by atoms with Gasteiger partial charge in [0.25, 0.3) is 11.8 Å². The molecule has 4 N–H and O–H groups in total. The second-order valence-electron chi connectivity index (χ2n) is 8.97. The van der Waals surface area contributed by atoms with Crippen LogP contribution in [-0.2, 0) is 0 Å². The number of rotatable bonds is 7. The first-order valence-corrected chi connectivity index (χ1v) is 11.7. The van der Waals surface area contributed by atoms with Crippen LogP contribution in [0.4, 0.5) is 11.5 Å². The number of nitrogens with zero attached hydrogens (tertiary/aromatic N) is 3. The van der Waals surface area contributed by atoms with Crippen LogP contribution in [0, 0.1) is 5.92 Å². The Kier molecular flexibility index (Phi) is 6.08. The summed E-state index contributed by atoms with van der Waals surface area (Å²) in [6.45, 7) is 5.07. The molecule has 2 amide bonds. The fourth-order valence-electron chi connectivity index (χ4n) is 4.10. The van der Waals surface area contributed by atoms with Crippen molar-refractivity contribution in [2.24, 2.45) is 11.7 Å². The summed E-state index contributed by atoms with van der Waals surface area (Å²) in [5.41, 5.74) is 10.9. The quantitative estimate of drug-likeness (QED) is 0.306. The zero-order chi connectivity index (χ0) is 25.2. The second kappa shape index (κ2) is 9.50. The van der Waals surface area contributed by atoms with Crippen molar-refractivity contribution < 1.29 is 9.59 Å². The zero-order valence-corrected chi connectivity index (χ0v) is 20.0. The SMILES string of the molecule is CC(C)CNc1nc2ccccc2n2c(-c3ccc(C(=O)Nc4ccccc4C(N)=O)cc3)cnc12. The number of hydrogen-bond acceptors (Lipinski definition) is 5. The predicted molar refractivity (Wildman–Crippen MR) is 142 cm³/mol. The van der Waals surface area contributed by atoms with E-state index < -0.39 is 5.91 Å². The Morgan fingerprint density at radius 3 is 2.44 bits per heavy atom. The fourth-order valence-corrected chi connectivity index (χ4v) is 4.10. The van der Waals surface area contributed by atoms with Crippen molar-refractivity contribution in [1.29, 1.82) is 0 Å². The largest absolute Gasteiger partial charge is 0.367 e. The van der Waals surface area contributed by atoms with Crippen molar-refractivity contribution in [3.63, 3.8) is 0 Å². The molecule has 180 valence electrons. The maximum atomic E-state index is 12.8. The van der Waals surface area contributed by atoms with E-state index in [0.717, 1.165) is 40.3 Å². The molecule has 0 bridgehead atoms. The molecule has 0 radical (unpaired) electrons. The molecule has 0 saturated carbocycles. The summed E-state index contributed by atoms with van der Waals surface area (Å²) in [5, 5.41) is 6.20. The molecular formula is C28H26N6O2. The van der Waals surface area contributed by atoms with Crippen LogP contribution < -0.4 is 16.4 Å². The van der Waals surface area contributed by atoms with E-state index in [4.69, 9.17) is 10.7 Å². The highest BCUT2D eigenvalue weighted by Gasteiger charge is 2.16. The van der Waals surface area contributed by atoms with Gasteiger partial charge in [-0.3, -0.25) is 14.0 Å². The normalized spacial score (nSPS) is 11.2. The van der Waals surface area contributed by atoms with E-state index in [1.54, 1.807) is 36.4 Å². The Morgan fingerprint density at radius 1 is 0.972 bits per heavy atom. The summed E-state index contributed by atoms with van der Waals surface area (Å²) in [4.78, 5) is 34.0. The van der Waals surface area contributed by atoms with Gasteiger partial charge in [-0.2, -0.15) is 0 Å². The number of amides is 2. The maximum Gasteiger partial charge on any atom is 0.255 e. The summed E-state index contributed by atoms with van der Waals surface area (Å²) in [7, 11) is 0. The zero-order valence-electron chi connectivity index (χ0n) is 20.0. The van der Waals surface area contributed by atoms with Crippen molar-refractivity contribution in [3.8, 4) is 11.3 Å². The molecule has 0 saturated heterocycles. The summed E-state index contributed by atoms with van der Waals surface area (Å²) in [6.07, 6.45) is 1.82. The number of hydrogen-bond donors (Lipinski definition) is 3. The number of imidazole rings is 1. The number of benzene rings is 3. The molecule has 5 aromatic rings. The molecule has 5 rings (SSSR count). The van der Waals surface area contributed by atoms with E-state index in [-0.39, 0.29) is 11.5 Å². The lowest BCUT2D eigenvalue weighted by molar-refractivity contribution is 0.100. The van der Waals surface area contributed by atoms with Crippen LogP contribution in [0.25, 0.3) is 27.9 Å². The average Bonchev–Trinajstić information content (AvgIpc) is 3.33. The number of nitrogens with one attached hydrogen (secondary N) is 2. The number of para-hydroxylation sites is 3. The molecule has 0 unspecified atom stereocenters. The van der Waals surface area contributed by atoms with Gasteiger partial charge in [-0.1, -0.05) is 50.2 Å². The van der Waals surface area contributed by atoms with E-state index in [1.807, 2.05) is 42.6 Å². The molecular weight excluding hydrogens is 452 g/mol. The standard InChI is InChI=1S/C28H26N6O2/c1-17(2)15-30-26-27-31-16-24(34(27)23-10-6-5-9-22(23)32-26)18-11-13-19(14-12-18)28(36)33-21-8-4-3-7-20(21)25(29)35/h3-14,16-17H,15H2,1-2H3,(H2,29,35)(H,30,32)(H,33,36). The van der Waals surface area contributed by atoms with Gasteiger partial charge in [0.05, 0.1) is 34.2 Å². The first-order chi connectivity index (χ1) is 17.4. The minimum absolute atomic E-state index is 0.260. The van der Waals surface area contributed by atoms with Gasteiger partial charge in [0.15, 0.2) is 11.5 Å².